The van der Waals surface area contributed by atoms with E-state index in [-0.39, 0.29) is 5.91 Å². The summed E-state index contributed by atoms with van der Waals surface area (Å²) in [6, 6.07) is 10.0. The van der Waals surface area contributed by atoms with Crippen LogP contribution in [0.2, 0.25) is 0 Å². The fourth-order valence-electron chi connectivity index (χ4n) is 3.51. The first-order valence-electron chi connectivity index (χ1n) is 9.44. The van der Waals surface area contributed by atoms with Gasteiger partial charge >= 0.3 is 0 Å². The van der Waals surface area contributed by atoms with Crippen molar-refractivity contribution in [3.63, 3.8) is 0 Å². The van der Waals surface area contributed by atoms with Crippen molar-refractivity contribution < 1.29 is 9.32 Å². The number of benzene rings is 1. The van der Waals surface area contributed by atoms with E-state index < -0.39 is 5.41 Å². The number of nitrogens with zero attached hydrogens (tertiary/aromatic N) is 4. The smallest absolute Gasteiger partial charge is 0.240 e. The SMILES string of the molecule is CC(C)(C(=O)N1CCN(Cc2nc(C3CC3)no2)CC1)c1ccccc1. The molecule has 1 aromatic heterocycles. The molecular formula is C20H26N4O2. The number of hydrogen-bond acceptors (Lipinski definition) is 5. The van der Waals surface area contributed by atoms with Gasteiger partial charge in [0.1, 0.15) is 0 Å². The molecule has 1 aliphatic carbocycles. The lowest BCUT2D eigenvalue weighted by Crippen LogP contribution is -2.52. The van der Waals surface area contributed by atoms with E-state index in [1.165, 1.54) is 12.8 Å². The van der Waals surface area contributed by atoms with Crippen LogP contribution in [0.1, 0.15) is 49.9 Å². The Morgan fingerprint density at radius 1 is 1.15 bits per heavy atom. The molecule has 138 valence electrons. The van der Waals surface area contributed by atoms with E-state index in [0.717, 1.165) is 37.6 Å². The highest BCUT2D eigenvalue weighted by Gasteiger charge is 2.35. The van der Waals surface area contributed by atoms with E-state index >= 15 is 0 Å². The Balaban J connectivity index is 1.33. The predicted octanol–water partition coefficient (Wildman–Crippen LogP) is 2.57. The second-order valence-corrected chi connectivity index (χ2v) is 7.88. The lowest BCUT2D eigenvalue weighted by Gasteiger charge is -2.38. The van der Waals surface area contributed by atoms with Crippen LogP contribution >= 0.6 is 0 Å². The van der Waals surface area contributed by atoms with Gasteiger partial charge in [0.15, 0.2) is 5.82 Å². The first-order valence-corrected chi connectivity index (χ1v) is 9.44. The van der Waals surface area contributed by atoms with Crippen molar-refractivity contribution in [1.29, 1.82) is 0 Å². The third kappa shape index (κ3) is 3.51. The number of carbonyl (C=O) groups excluding carboxylic acids is 1. The third-order valence-corrected chi connectivity index (χ3v) is 5.47. The molecule has 0 radical (unpaired) electrons. The van der Waals surface area contributed by atoms with E-state index in [1.54, 1.807) is 0 Å². The molecule has 6 nitrogen and oxygen atoms in total. The molecule has 2 aromatic rings. The van der Waals surface area contributed by atoms with Crippen LogP contribution in [0.4, 0.5) is 0 Å². The van der Waals surface area contributed by atoms with Crippen LogP contribution in [0.15, 0.2) is 34.9 Å². The van der Waals surface area contributed by atoms with Crippen LogP contribution in [-0.4, -0.2) is 52.0 Å². The minimum atomic E-state index is -0.505. The number of amides is 1. The summed E-state index contributed by atoms with van der Waals surface area (Å²) >= 11 is 0. The second-order valence-electron chi connectivity index (χ2n) is 7.88. The molecule has 1 saturated carbocycles. The minimum absolute atomic E-state index is 0.192. The van der Waals surface area contributed by atoms with Crippen LogP contribution in [0.5, 0.6) is 0 Å². The topological polar surface area (TPSA) is 62.5 Å². The predicted molar refractivity (Wildman–Crippen MR) is 97.6 cm³/mol. The summed E-state index contributed by atoms with van der Waals surface area (Å²) in [7, 11) is 0. The Morgan fingerprint density at radius 3 is 2.50 bits per heavy atom. The van der Waals surface area contributed by atoms with Gasteiger partial charge in [0, 0.05) is 32.1 Å². The molecule has 1 saturated heterocycles. The summed E-state index contributed by atoms with van der Waals surface area (Å²) in [5, 5.41) is 4.08. The van der Waals surface area contributed by atoms with E-state index in [4.69, 9.17) is 4.52 Å². The van der Waals surface area contributed by atoms with E-state index in [1.807, 2.05) is 49.1 Å². The lowest BCUT2D eigenvalue weighted by atomic mass is 9.83. The van der Waals surface area contributed by atoms with Crippen LogP contribution in [-0.2, 0) is 16.8 Å². The van der Waals surface area contributed by atoms with Crippen molar-refractivity contribution >= 4 is 5.91 Å². The molecule has 2 aliphatic rings. The monoisotopic (exact) mass is 354 g/mol. The molecule has 2 heterocycles. The van der Waals surface area contributed by atoms with Gasteiger partial charge in [0.25, 0.3) is 0 Å². The van der Waals surface area contributed by atoms with Crippen molar-refractivity contribution in [1.82, 2.24) is 19.9 Å². The number of aromatic nitrogens is 2. The normalized spacial score (nSPS) is 18.9. The fourth-order valence-corrected chi connectivity index (χ4v) is 3.51. The van der Waals surface area contributed by atoms with Gasteiger partial charge in [0.05, 0.1) is 12.0 Å². The Kier molecular flexibility index (Phi) is 4.53. The van der Waals surface area contributed by atoms with Gasteiger partial charge in [-0.2, -0.15) is 4.98 Å². The zero-order valence-corrected chi connectivity index (χ0v) is 15.5. The number of carbonyl (C=O) groups is 1. The molecule has 26 heavy (non-hydrogen) atoms. The molecule has 0 unspecified atom stereocenters. The Bertz CT molecular complexity index is 759. The molecule has 1 aromatic carbocycles. The summed E-state index contributed by atoms with van der Waals surface area (Å²) in [6.45, 7) is 7.82. The van der Waals surface area contributed by atoms with Crippen molar-refractivity contribution in [2.45, 2.75) is 44.6 Å². The molecule has 0 atom stereocenters. The van der Waals surface area contributed by atoms with E-state index in [9.17, 15) is 4.79 Å². The highest BCUT2D eigenvalue weighted by Crippen LogP contribution is 2.38. The van der Waals surface area contributed by atoms with Crippen LogP contribution in [0.25, 0.3) is 0 Å². The molecule has 0 spiro atoms. The first-order chi connectivity index (χ1) is 12.5. The Hall–Kier alpha value is -2.21. The van der Waals surface area contributed by atoms with Crippen molar-refractivity contribution in [3.8, 4) is 0 Å². The lowest BCUT2D eigenvalue weighted by molar-refractivity contribution is -0.138. The molecular weight excluding hydrogens is 328 g/mol. The second kappa shape index (κ2) is 6.83. The maximum absolute atomic E-state index is 13.0. The van der Waals surface area contributed by atoms with Crippen LogP contribution in [0.3, 0.4) is 0 Å². The van der Waals surface area contributed by atoms with Gasteiger partial charge in [-0.15, -0.1) is 0 Å². The molecule has 0 N–H and O–H groups in total. The summed E-state index contributed by atoms with van der Waals surface area (Å²) < 4.78 is 5.37. The largest absolute Gasteiger partial charge is 0.339 e. The zero-order valence-electron chi connectivity index (χ0n) is 15.5. The van der Waals surface area contributed by atoms with E-state index in [2.05, 4.69) is 15.0 Å². The van der Waals surface area contributed by atoms with Crippen LogP contribution in [0, 0.1) is 0 Å². The molecule has 1 aliphatic heterocycles. The Morgan fingerprint density at radius 2 is 1.85 bits per heavy atom. The van der Waals surface area contributed by atoms with Crippen LogP contribution < -0.4 is 0 Å². The summed E-state index contributed by atoms with van der Waals surface area (Å²) in [5.41, 5.74) is 0.556. The molecule has 1 amide bonds. The summed E-state index contributed by atoms with van der Waals surface area (Å²) in [4.78, 5) is 21.8. The summed E-state index contributed by atoms with van der Waals surface area (Å²) in [6.07, 6.45) is 2.36. The standard InChI is InChI=1S/C20H26N4O2/c1-20(2,16-6-4-3-5-7-16)19(25)24-12-10-23(11-13-24)14-17-21-18(22-26-17)15-8-9-15/h3-7,15H,8-14H2,1-2H3. The van der Waals surface area contributed by atoms with Gasteiger partial charge in [-0.25, -0.2) is 0 Å². The van der Waals surface area contributed by atoms with Gasteiger partial charge in [-0.3, -0.25) is 9.69 Å². The molecule has 2 fully saturated rings. The quantitative estimate of drug-likeness (QED) is 0.826. The molecule has 6 heteroatoms. The number of rotatable bonds is 5. The van der Waals surface area contributed by atoms with Crippen molar-refractivity contribution in [2.75, 3.05) is 26.2 Å². The number of hydrogen-bond donors (Lipinski definition) is 0. The minimum Gasteiger partial charge on any atom is -0.339 e. The molecule has 0 bridgehead atoms. The van der Waals surface area contributed by atoms with Gasteiger partial charge in [-0.05, 0) is 32.3 Å². The van der Waals surface area contributed by atoms with Crippen molar-refractivity contribution in [2.24, 2.45) is 0 Å². The highest BCUT2D eigenvalue weighted by atomic mass is 16.5. The summed E-state index contributed by atoms with van der Waals surface area (Å²) in [5.74, 6) is 2.26. The third-order valence-electron chi connectivity index (χ3n) is 5.47. The average Bonchev–Trinajstić information content (AvgIpc) is 3.42. The maximum Gasteiger partial charge on any atom is 0.240 e. The van der Waals surface area contributed by atoms with Gasteiger partial charge in [-0.1, -0.05) is 35.5 Å². The highest BCUT2D eigenvalue weighted by molar-refractivity contribution is 5.87. The van der Waals surface area contributed by atoms with Gasteiger partial charge < -0.3 is 9.42 Å². The van der Waals surface area contributed by atoms with E-state index in [0.29, 0.717) is 18.4 Å². The van der Waals surface area contributed by atoms with Crippen molar-refractivity contribution in [3.05, 3.63) is 47.6 Å². The molecule has 4 rings (SSSR count). The zero-order chi connectivity index (χ0) is 18.1. The fraction of sp³-hybridized carbons (Fsp3) is 0.550. The van der Waals surface area contributed by atoms with Gasteiger partial charge in [0.2, 0.25) is 11.8 Å². The maximum atomic E-state index is 13.0. The Labute approximate surface area is 154 Å². The number of piperazine rings is 1. The first kappa shape index (κ1) is 17.2. The average molecular weight is 354 g/mol.